The van der Waals surface area contributed by atoms with E-state index in [1.165, 1.54) is 0 Å². The molecule has 1 aromatic heterocycles. The first kappa shape index (κ1) is 10.1. The van der Waals surface area contributed by atoms with Crippen molar-refractivity contribution < 1.29 is 4.79 Å². The second-order valence-corrected chi connectivity index (χ2v) is 3.85. The monoisotopic (exact) mass is 205 g/mol. The molecule has 1 aromatic rings. The minimum absolute atomic E-state index is 0.370. The number of hydrogen-bond acceptors (Lipinski definition) is 3. The summed E-state index contributed by atoms with van der Waals surface area (Å²) >= 11 is 0. The zero-order valence-electron chi connectivity index (χ0n) is 8.57. The van der Waals surface area contributed by atoms with E-state index in [0.29, 0.717) is 11.6 Å². The highest BCUT2D eigenvalue weighted by molar-refractivity contribution is 5.92. The third-order valence-corrected chi connectivity index (χ3v) is 2.81. The molecule has 4 nitrogen and oxygen atoms in total. The third-order valence-electron chi connectivity index (χ3n) is 2.81. The summed E-state index contributed by atoms with van der Waals surface area (Å²) in [5, 5.41) is 3.32. The lowest BCUT2D eigenvalue weighted by atomic mass is 9.90. The highest BCUT2D eigenvalue weighted by Crippen LogP contribution is 2.24. The summed E-state index contributed by atoms with van der Waals surface area (Å²) in [5.74, 6) is -0.0638. The van der Waals surface area contributed by atoms with Gasteiger partial charge in [-0.05, 0) is 36.9 Å². The Morgan fingerprint density at radius 1 is 1.60 bits per heavy atom. The number of primary amides is 1. The molecular formula is C11H15N3O. The topological polar surface area (TPSA) is 68.0 Å². The van der Waals surface area contributed by atoms with Crippen molar-refractivity contribution in [2.24, 2.45) is 5.73 Å². The molecule has 2 heterocycles. The van der Waals surface area contributed by atoms with E-state index in [1.54, 1.807) is 6.20 Å². The van der Waals surface area contributed by atoms with Gasteiger partial charge in [0.2, 0.25) is 0 Å². The number of amides is 1. The van der Waals surface area contributed by atoms with E-state index in [4.69, 9.17) is 5.73 Å². The van der Waals surface area contributed by atoms with Crippen LogP contribution >= 0.6 is 0 Å². The molecule has 1 aliphatic rings. The number of aromatic nitrogens is 1. The van der Waals surface area contributed by atoms with Gasteiger partial charge in [-0.25, -0.2) is 0 Å². The van der Waals surface area contributed by atoms with E-state index in [2.05, 4.69) is 10.3 Å². The van der Waals surface area contributed by atoms with Crippen LogP contribution in [0.1, 0.15) is 34.8 Å². The summed E-state index contributed by atoms with van der Waals surface area (Å²) in [6.07, 6.45) is 3.84. The van der Waals surface area contributed by atoms with Crippen molar-refractivity contribution in [3.05, 3.63) is 29.6 Å². The van der Waals surface area contributed by atoms with Crippen LogP contribution in [0.2, 0.25) is 0 Å². The van der Waals surface area contributed by atoms with Crippen LogP contribution in [0, 0.1) is 0 Å². The fourth-order valence-corrected chi connectivity index (χ4v) is 2.07. The summed E-state index contributed by atoms with van der Waals surface area (Å²) < 4.78 is 0. The molecule has 2 rings (SSSR count). The van der Waals surface area contributed by atoms with Gasteiger partial charge >= 0.3 is 0 Å². The quantitative estimate of drug-likeness (QED) is 0.744. The molecule has 0 saturated carbocycles. The van der Waals surface area contributed by atoms with Gasteiger partial charge in [-0.15, -0.1) is 0 Å². The molecule has 1 saturated heterocycles. The van der Waals surface area contributed by atoms with E-state index >= 15 is 0 Å². The van der Waals surface area contributed by atoms with Crippen molar-refractivity contribution in [2.45, 2.75) is 18.8 Å². The maximum Gasteiger partial charge on any atom is 0.267 e. The number of carbonyl (C=O) groups excluding carboxylic acids is 1. The maximum atomic E-state index is 11.2. The molecule has 0 spiro atoms. The molecule has 1 atom stereocenters. The summed E-state index contributed by atoms with van der Waals surface area (Å²) in [7, 11) is 0. The van der Waals surface area contributed by atoms with Crippen LogP contribution in [-0.4, -0.2) is 24.0 Å². The number of nitrogens with one attached hydrogen (secondary N) is 1. The van der Waals surface area contributed by atoms with Crippen LogP contribution in [-0.2, 0) is 0 Å². The maximum absolute atomic E-state index is 11.2. The van der Waals surface area contributed by atoms with Crippen LogP contribution in [0.25, 0.3) is 0 Å². The van der Waals surface area contributed by atoms with Crippen molar-refractivity contribution in [3.63, 3.8) is 0 Å². The average molecular weight is 205 g/mol. The largest absolute Gasteiger partial charge is 0.364 e. The molecular weight excluding hydrogens is 190 g/mol. The van der Waals surface area contributed by atoms with Gasteiger partial charge in [0.15, 0.2) is 0 Å². The number of hydrogen-bond donors (Lipinski definition) is 2. The third kappa shape index (κ3) is 2.15. The number of carbonyl (C=O) groups is 1. The van der Waals surface area contributed by atoms with Gasteiger partial charge < -0.3 is 11.1 Å². The zero-order valence-corrected chi connectivity index (χ0v) is 8.57. The minimum Gasteiger partial charge on any atom is -0.364 e. The molecule has 1 amide bonds. The lowest BCUT2D eigenvalue weighted by Gasteiger charge is -2.23. The predicted octanol–water partition coefficient (Wildman–Crippen LogP) is 0.647. The summed E-state index contributed by atoms with van der Waals surface area (Å²) in [5.41, 5.74) is 6.71. The van der Waals surface area contributed by atoms with Crippen LogP contribution < -0.4 is 11.1 Å². The lowest BCUT2D eigenvalue weighted by Crippen LogP contribution is -2.30. The fourth-order valence-electron chi connectivity index (χ4n) is 2.07. The Morgan fingerprint density at radius 3 is 3.13 bits per heavy atom. The highest BCUT2D eigenvalue weighted by atomic mass is 16.1. The molecule has 4 heteroatoms. The number of piperidine rings is 1. The fraction of sp³-hybridized carbons (Fsp3) is 0.455. The summed E-state index contributed by atoms with van der Waals surface area (Å²) in [4.78, 5) is 15.3. The van der Waals surface area contributed by atoms with Crippen molar-refractivity contribution in [3.8, 4) is 0 Å². The van der Waals surface area contributed by atoms with Gasteiger partial charge in [0, 0.05) is 12.7 Å². The van der Waals surface area contributed by atoms with E-state index < -0.39 is 5.91 Å². The van der Waals surface area contributed by atoms with Crippen molar-refractivity contribution >= 4 is 5.91 Å². The molecule has 0 aliphatic carbocycles. The molecule has 0 aromatic carbocycles. The van der Waals surface area contributed by atoms with Gasteiger partial charge in [-0.3, -0.25) is 9.78 Å². The molecule has 80 valence electrons. The molecule has 0 radical (unpaired) electrons. The Kier molecular flexibility index (Phi) is 2.97. The molecule has 3 N–H and O–H groups in total. The first-order valence-corrected chi connectivity index (χ1v) is 5.24. The Bertz CT molecular complexity index is 359. The van der Waals surface area contributed by atoms with E-state index in [-0.39, 0.29) is 0 Å². The van der Waals surface area contributed by atoms with Crippen molar-refractivity contribution in [1.29, 1.82) is 0 Å². The predicted molar refractivity (Wildman–Crippen MR) is 57.6 cm³/mol. The average Bonchev–Trinajstić information content (AvgIpc) is 2.30. The van der Waals surface area contributed by atoms with E-state index in [9.17, 15) is 4.79 Å². The molecule has 0 bridgehead atoms. The summed E-state index contributed by atoms with van der Waals surface area (Å²) in [6.45, 7) is 1.97. The van der Waals surface area contributed by atoms with Crippen LogP contribution in [0.3, 0.4) is 0 Å². The molecule has 1 aliphatic heterocycles. The number of nitrogens with two attached hydrogens (primary N) is 1. The molecule has 1 fully saturated rings. The van der Waals surface area contributed by atoms with Crippen LogP contribution in [0.5, 0.6) is 0 Å². The van der Waals surface area contributed by atoms with Gasteiger partial charge in [-0.1, -0.05) is 6.07 Å². The summed E-state index contributed by atoms with van der Waals surface area (Å²) in [6, 6.07) is 3.81. The molecule has 15 heavy (non-hydrogen) atoms. The Balaban J connectivity index is 2.29. The number of nitrogens with zero attached hydrogens (tertiary/aromatic N) is 1. The van der Waals surface area contributed by atoms with Crippen molar-refractivity contribution in [2.75, 3.05) is 13.1 Å². The first-order valence-electron chi connectivity index (χ1n) is 5.24. The van der Waals surface area contributed by atoms with Gasteiger partial charge in [0.05, 0.1) is 0 Å². The van der Waals surface area contributed by atoms with Gasteiger partial charge in [-0.2, -0.15) is 0 Å². The number of pyridine rings is 1. The smallest absolute Gasteiger partial charge is 0.267 e. The molecule has 0 unspecified atom stereocenters. The van der Waals surface area contributed by atoms with Crippen molar-refractivity contribution in [1.82, 2.24) is 10.3 Å². The normalized spacial score (nSPS) is 21.2. The van der Waals surface area contributed by atoms with Gasteiger partial charge in [0.1, 0.15) is 5.69 Å². The second kappa shape index (κ2) is 4.40. The van der Waals surface area contributed by atoms with E-state index in [1.807, 2.05) is 12.1 Å². The second-order valence-electron chi connectivity index (χ2n) is 3.85. The standard InChI is InChI=1S/C11H15N3O/c12-11(15)10-9(4-2-6-14-10)8-3-1-5-13-7-8/h2,4,6,8,13H,1,3,5,7H2,(H2,12,15)/t8-/m1/s1. The van der Waals surface area contributed by atoms with Crippen LogP contribution in [0.15, 0.2) is 18.3 Å². The Labute approximate surface area is 88.9 Å². The van der Waals surface area contributed by atoms with E-state index in [0.717, 1.165) is 31.5 Å². The SMILES string of the molecule is NC(=O)c1ncccc1[C@@H]1CCCNC1. The Morgan fingerprint density at radius 2 is 2.47 bits per heavy atom. The zero-order chi connectivity index (χ0) is 10.7. The Hall–Kier alpha value is -1.42. The lowest BCUT2D eigenvalue weighted by molar-refractivity contribution is 0.0994. The highest BCUT2D eigenvalue weighted by Gasteiger charge is 2.20. The first-order chi connectivity index (χ1) is 7.29. The minimum atomic E-state index is -0.434. The number of rotatable bonds is 2. The van der Waals surface area contributed by atoms with Gasteiger partial charge in [0.25, 0.3) is 5.91 Å². The van der Waals surface area contributed by atoms with Crippen LogP contribution in [0.4, 0.5) is 0 Å².